The normalized spacial score (nSPS) is 13.2. The first kappa shape index (κ1) is 17.2. The highest BCUT2D eigenvalue weighted by Gasteiger charge is 2.05. The van der Waals surface area contributed by atoms with Gasteiger partial charge in [0.25, 0.3) is 0 Å². The zero-order valence-corrected chi connectivity index (χ0v) is 13.9. The third-order valence-electron chi connectivity index (χ3n) is 3.80. The largest absolute Gasteiger partial charge is 0.310 e. The van der Waals surface area contributed by atoms with Crippen LogP contribution in [0.15, 0.2) is 24.3 Å². The predicted octanol–water partition coefficient (Wildman–Crippen LogP) is 4.05. The molecule has 0 aliphatic carbocycles. The molecule has 0 saturated heterocycles. The van der Waals surface area contributed by atoms with Gasteiger partial charge in [-0.3, -0.25) is 4.90 Å². The van der Waals surface area contributed by atoms with Gasteiger partial charge in [-0.15, -0.1) is 0 Å². The fourth-order valence-electron chi connectivity index (χ4n) is 2.55. The molecule has 0 heterocycles. The van der Waals surface area contributed by atoms with Gasteiger partial charge in [-0.05, 0) is 43.5 Å². The smallest absolute Gasteiger partial charge is 0.0233 e. The van der Waals surface area contributed by atoms with Crippen molar-refractivity contribution in [2.24, 2.45) is 5.92 Å². The lowest BCUT2D eigenvalue weighted by Gasteiger charge is -2.18. The van der Waals surface area contributed by atoms with Crippen molar-refractivity contribution in [2.45, 2.75) is 60.2 Å². The van der Waals surface area contributed by atoms with Crippen LogP contribution in [0, 0.1) is 5.92 Å². The fourth-order valence-corrected chi connectivity index (χ4v) is 2.55. The first-order chi connectivity index (χ1) is 9.55. The van der Waals surface area contributed by atoms with Gasteiger partial charge in [0.1, 0.15) is 0 Å². The molecule has 0 radical (unpaired) electrons. The minimum absolute atomic E-state index is 0.588. The average Bonchev–Trinajstić information content (AvgIpc) is 2.43. The molecule has 1 aromatic carbocycles. The van der Waals surface area contributed by atoms with Crippen LogP contribution in [0.2, 0.25) is 0 Å². The Bertz CT molecular complexity index is 352. The van der Waals surface area contributed by atoms with E-state index in [9.17, 15) is 0 Å². The van der Waals surface area contributed by atoms with Crippen LogP contribution in [0.4, 0.5) is 0 Å². The van der Waals surface area contributed by atoms with Crippen molar-refractivity contribution in [3.05, 3.63) is 35.4 Å². The maximum Gasteiger partial charge on any atom is 0.0233 e. The Morgan fingerprint density at radius 3 is 2.00 bits per heavy atom. The summed E-state index contributed by atoms with van der Waals surface area (Å²) in [6.45, 7) is 15.5. The van der Waals surface area contributed by atoms with Crippen molar-refractivity contribution in [1.29, 1.82) is 0 Å². The van der Waals surface area contributed by atoms with E-state index in [0.717, 1.165) is 32.1 Å². The summed E-state index contributed by atoms with van der Waals surface area (Å²) in [5.74, 6) is 0.758. The maximum absolute atomic E-state index is 3.60. The molecule has 2 nitrogen and oxygen atoms in total. The third kappa shape index (κ3) is 6.53. The second kappa shape index (κ2) is 9.15. The first-order valence-electron chi connectivity index (χ1n) is 8.08. The van der Waals surface area contributed by atoms with Crippen molar-refractivity contribution < 1.29 is 0 Å². The van der Waals surface area contributed by atoms with Gasteiger partial charge in [-0.2, -0.15) is 0 Å². The van der Waals surface area contributed by atoms with Crippen molar-refractivity contribution in [2.75, 3.05) is 13.1 Å². The standard InChI is InChI=1S/C18H32N2/c1-6-20(7-2)14-18-10-8-17(9-11-18)13-19-16(5)12-15(3)4/h8-11,15-16,19H,6-7,12-14H2,1-5H3. The number of rotatable bonds is 9. The van der Waals surface area contributed by atoms with Crippen molar-refractivity contribution in [3.63, 3.8) is 0 Å². The van der Waals surface area contributed by atoms with Gasteiger partial charge >= 0.3 is 0 Å². The number of nitrogens with zero attached hydrogens (tertiary/aromatic N) is 1. The van der Waals surface area contributed by atoms with E-state index in [-0.39, 0.29) is 0 Å². The van der Waals surface area contributed by atoms with Crippen LogP contribution < -0.4 is 5.32 Å². The summed E-state index contributed by atoms with van der Waals surface area (Å²) in [7, 11) is 0. The van der Waals surface area contributed by atoms with E-state index in [4.69, 9.17) is 0 Å². The van der Waals surface area contributed by atoms with Crippen LogP contribution in [0.25, 0.3) is 0 Å². The molecule has 2 heteroatoms. The number of nitrogens with one attached hydrogen (secondary N) is 1. The Balaban J connectivity index is 2.42. The van der Waals surface area contributed by atoms with E-state index in [0.29, 0.717) is 6.04 Å². The Morgan fingerprint density at radius 2 is 1.50 bits per heavy atom. The van der Waals surface area contributed by atoms with Gasteiger partial charge in [0, 0.05) is 19.1 Å². The molecule has 1 unspecified atom stereocenters. The Kier molecular flexibility index (Phi) is 7.86. The summed E-state index contributed by atoms with van der Waals surface area (Å²) >= 11 is 0. The number of hydrogen-bond acceptors (Lipinski definition) is 2. The van der Waals surface area contributed by atoms with Crippen LogP contribution in [0.1, 0.15) is 52.2 Å². The molecule has 0 aliphatic heterocycles. The summed E-state index contributed by atoms with van der Waals surface area (Å²) in [6, 6.07) is 9.64. The van der Waals surface area contributed by atoms with Crippen molar-refractivity contribution >= 4 is 0 Å². The summed E-state index contributed by atoms with van der Waals surface area (Å²) in [5, 5.41) is 3.60. The van der Waals surface area contributed by atoms with Crippen LogP contribution in [-0.2, 0) is 13.1 Å². The second-order valence-electron chi connectivity index (χ2n) is 6.19. The minimum atomic E-state index is 0.588. The highest BCUT2D eigenvalue weighted by atomic mass is 15.1. The molecule has 1 atom stereocenters. The minimum Gasteiger partial charge on any atom is -0.310 e. The van der Waals surface area contributed by atoms with Crippen LogP contribution in [0.5, 0.6) is 0 Å². The lowest BCUT2D eigenvalue weighted by Crippen LogP contribution is -2.26. The summed E-state index contributed by atoms with van der Waals surface area (Å²) < 4.78 is 0. The lowest BCUT2D eigenvalue weighted by molar-refractivity contribution is 0.296. The van der Waals surface area contributed by atoms with Gasteiger partial charge in [0.15, 0.2) is 0 Å². The summed E-state index contributed by atoms with van der Waals surface area (Å²) in [6.07, 6.45) is 1.24. The molecule has 20 heavy (non-hydrogen) atoms. The van der Waals surface area contributed by atoms with E-state index in [1.165, 1.54) is 17.5 Å². The molecular formula is C18H32N2. The molecule has 114 valence electrons. The van der Waals surface area contributed by atoms with Crippen LogP contribution >= 0.6 is 0 Å². The van der Waals surface area contributed by atoms with Gasteiger partial charge in [0.2, 0.25) is 0 Å². The van der Waals surface area contributed by atoms with E-state index in [1.807, 2.05) is 0 Å². The lowest BCUT2D eigenvalue weighted by atomic mass is 10.0. The molecule has 1 rings (SSSR count). The van der Waals surface area contributed by atoms with Gasteiger partial charge < -0.3 is 5.32 Å². The zero-order chi connectivity index (χ0) is 15.0. The highest BCUT2D eigenvalue weighted by molar-refractivity contribution is 5.22. The molecule has 0 aromatic heterocycles. The Morgan fingerprint density at radius 1 is 0.950 bits per heavy atom. The van der Waals surface area contributed by atoms with Crippen LogP contribution in [-0.4, -0.2) is 24.0 Å². The SMILES string of the molecule is CCN(CC)Cc1ccc(CNC(C)CC(C)C)cc1. The van der Waals surface area contributed by atoms with E-state index in [1.54, 1.807) is 0 Å². The van der Waals surface area contributed by atoms with Gasteiger partial charge in [-0.25, -0.2) is 0 Å². The fraction of sp³-hybridized carbons (Fsp3) is 0.667. The molecule has 0 amide bonds. The van der Waals surface area contributed by atoms with E-state index in [2.05, 4.69) is 69.1 Å². The summed E-state index contributed by atoms with van der Waals surface area (Å²) in [5.41, 5.74) is 2.79. The van der Waals surface area contributed by atoms with Crippen molar-refractivity contribution in [1.82, 2.24) is 10.2 Å². The van der Waals surface area contributed by atoms with E-state index < -0.39 is 0 Å². The monoisotopic (exact) mass is 276 g/mol. The summed E-state index contributed by atoms with van der Waals surface area (Å²) in [4.78, 5) is 2.44. The average molecular weight is 276 g/mol. The van der Waals surface area contributed by atoms with Gasteiger partial charge in [0.05, 0.1) is 0 Å². The molecule has 0 fully saturated rings. The second-order valence-corrected chi connectivity index (χ2v) is 6.19. The third-order valence-corrected chi connectivity index (χ3v) is 3.80. The van der Waals surface area contributed by atoms with Crippen molar-refractivity contribution in [3.8, 4) is 0 Å². The molecular weight excluding hydrogens is 244 g/mol. The number of hydrogen-bond donors (Lipinski definition) is 1. The van der Waals surface area contributed by atoms with E-state index >= 15 is 0 Å². The zero-order valence-electron chi connectivity index (χ0n) is 13.9. The maximum atomic E-state index is 3.60. The Hall–Kier alpha value is -0.860. The molecule has 0 bridgehead atoms. The van der Waals surface area contributed by atoms with Gasteiger partial charge in [-0.1, -0.05) is 52.0 Å². The Labute approximate surface area is 125 Å². The number of benzene rings is 1. The highest BCUT2D eigenvalue weighted by Crippen LogP contribution is 2.09. The van der Waals surface area contributed by atoms with Crippen LogP contribution in [0.3, 0.4) is 0 Å². The molecule has 0 spiro atoms. The topological polar surface area (TPSA) is 15.3 Å². The molecule has 1 N–H and O–H groups in total. The molecule has 1 aromatic rings. The predicted molar refractivity (Wildman–Crippen MR) is 88.8 cm³/mol. The quantitative estimate of drug-likeness (QED) is 0.732. The first-order valence-corrected chi connectivity index (χ1v) is 8.08. The molecule has 0 saturated carbocycles. The molecule has 0 aliphatic rings.